The van der Waals surface area contributed by atoms with Gasteiger partial charge >= 0.3 is 0 Å². The molecule has 57 heavy (non-hydrogen) atoms. The largest absolute Gasteiger partial charge is 0.322 e. The van der Waals surface area contributed by atoms with Crippen molar-refractivity contribution in [3.8, 4) is 16.8 Å². The van der Waals surface area contributed by atoms with E-state index in [1.165, 1.54) is 11.3 Å². The average Bonchev–Trinajstić information content (AvgIpc) is 3.97. The summed E-state index contributed by atoms with van der Waals surface area (Å²) in [4.78, 5) is 50.4. The number of piperidine rings is 1. The molecular weight excluding hydrogens is 760 g/mol. The second-order valence-electron chi connectivity index (χ2n) is 16.0. The summed E-state index contributed by atoms with van der Waals surface area (Å²) in [5, 5.41) is 17.4. The normalized spacial score (nSPS) is 24.0. The lowest BCUT2D eigenvalue weighted by atomic mass is 9.82. The Morgan fingerprint density at radius 3 is 2.54 bits per heavy atom. The van der Waals surface area contributed by atoms with Gasteiger partial charge in [0.2, 0.25) is 11.8 Å². The van der Waals surface area contributed by atoms with E-state index in [4.69, 9.17) is 16.6 Å². The van der Waals surface area contributed by atoms with Gasteiger partial charge < -0.3 is 4.90 Å². The van der Waals surface area contributed by atoms with Crippen molar-refractivity contribution in [3.05, 3.63) is 80.5 Å². The first-order chi connectivity index (χ1) is 27.6. The van der Waals surface area contributed by atoms with Crippen LogP contribution in [-0.2, 0) is 29.2 Å². The minimum absolute atomic E-state index is 0.0805. The number of fused-ring (bicyclic) bond motifs is 4. The molecule has 1 saturated carbocycles. The number of nitrogens with one attached hydrogen (secondary N) is 1. The third kappa shape index (κ3) is 7.35. The van der Waals surface area contributed by atoms with Crippen LogP contribution < -0.4 is 5.32 Å². The van der Waals surface area contributed by atoms with E-state index in [2.05, 4.69) is 66.7 Å². The van der Waals surface area contributed by atoms with Crippen LogP contribution in [0.15, 0.2) is 35.6 Å². The van der Waals surface area contributed by atoms with Gasteiger partial charge in [-0.2, -0.15) is 5.10 Å². The Balaban J connectivity index is 0.819. The number of imide groups is 1. The fourth-order valence-electron chi connectivity index (χ4n) is 9.08. The lowest BCUT2D eigenvalue weighted by Gasteiger charge is -2.35. The van der Waals surface area contributed by atoms with Crippen molar-refractivity contribution in [2.75, 3.05) is 32.7 Å². The Hall–Kier alpha value is -4.68. The van der Waals surface area contributed by atoms with Gasteiger partial charge in [-0.05, 0) is 75.6 Å². The van der Waals surface area contributed by atoms with Gasteiger partial charge in [0.25, 0.3) is 5.91 Å². The molecule has 3 amide bonds. The summed E-state index contributed by atoms with van der Waals surface area (Å²) in [6, 6.07) is 5.19. The first-order valence-corrected chi connectivity index (χ1v) is 21.4. The molecule has 1 aliphatic carbocycles. The molecule has 296 valence electrons. The van der Waals surface area contributed by atoms with Crippen LogP contribution in [0.1, 0.15) is 106 Å². The minimum Gasteiger partial charge on any atom is -0.322 e. The van der Waals surface area contributed by atoms with Crippen LogP contribution in [0.25, 0.3) is 5.00 Å². The zero-order valence-electron chi connectivity index (χ0n) is 32.6. The fraction of sp³-hybridized carbons (Fsp3) is 0.500. The van der Waals surface area contributed by atoms with Gasteiger partial charge in [0.15, 0.2) is 5.82 Å². The second-order valence-corrected chi connectivity index (χ2v) is 17.6. The van der Waals surface area contributed by atoms with Crippen LogP contribution in [0.5, 0.6) is 0 Å². The van der Waals surface area contributed by atoms with E-state index < -0.39 is 6.04 Å². The molecule has 13 nitrogen and oxygen atoms in total. The highest BCUT2D eigenvalue weighted by atomic mass is 35.5. The number of amides is 3. The quantitative estimate of drug-likeness (QED) is 0.160. The van der Waals surface area contributed by atoms with E-state index >= 15 is 0 Å². The van der Waals surface area contributed by atoms with Crippen molar-refractivity contribution in [3.63, 3.8) is 0 Å². The van der Waals surface area contributed by atoms with Gasteiger partial charge in [-0.15, -0.1) is 33.1 Å². The summed E-state index contributed by atoms with van der Waals surface area (Å²) in [5.74, 6) is 8.21. The summed E-state index contributed by atoms with van der Waals surface area (Å²) in [6.07, 6.45) is 8.59. The number of hydrogen-bond acceptors (Lipinski definition) is 10. The van der Waals surface area contributed by atoms with Crippen molar-refractivity contribution in [2.24, 2.45) is 10.9 Å². The number of carbonyl (C=O) groups is 3. The Labute approximate surface area is 341 Å². The van der Waals surface area contributed by atoms with Crippen molar-refractivity contribution in [1.82, 2.24) is 44.6 Å². The van der Waals surface area contributed by atoms with Crippen molar-refractivity contribution < 1.29 is 14.4 Å². The molecule has 15 heteroatoms. The summed E-state index contributed by atoms with van der Waals surface area (Å²) in [7, 11) is 0. The summed E-state index contributed by atoms with van der Waals surface area (Å²) < 4.78 is 4.16. The van der Waals surface area contributed by atoms with E-state index in [1.54, 1.807) is 16.2 Å². The summed E-state index contributed by atoms with van der Waals surface area (Å²) in [6.45, 7) is 12.8. The number of benzene rings is 1. The number of piperazine rings is 1. The molecule has 1 unspecified atom stereocenters. The van der Waals surface area contributed by atoms with Crippen LogP contribution in [-0.4, -0.2) is 107 Å². The zero-order valence-corrected chi connectivity index (χ0v) is 34.2. The number of thiophene rings is 1. The molecule has 2 atom stereocenters. The molecule has 0 radical (unpaired) electrons. The molecule has 0 bridgehead atoms. The number of aromatic nitrogens is 5. The smallest absolute Gasteiger partial charge is 0.255 e. The predicted molar refractivity (Wildman–Crippen MR) is 218 cm³/mol. The highest BCUT2D eigenvalue weighted by Gasteiger charge is 2.40. The first-order valence-electron chi connectivity index (χ1n) is 20.1. The van der Waals surface area contributed by atoms with Crippen molar-refractivity contribution >= 4 is 46.4 Å². The molecule has 2 saturated heterocycles. The van der Waals surface area contributed by atoms with Crippen molar-refractivity contribution in [2.45, 2.75) is 96.4 Å². The highest BCUT2D eigenvalue weighted by molar-refractivity contribution is 7.15. The number of rotatable bonds is 7. The lowest BCUT2D eigenvalue weighted by Crippen LogP contribution is -2.52. The molecule has 3 aromatic heterocycles. The molecule has 1 N–H and O–H groups in total. The molecule has 1 aromatic carbocycles. The molecule has 7 heterocycles. The standard InChI is InChI=1S/C42H47ClN10O3S/c1-25-35(57-42-37(25)38(29-8-10-31(43)11-9-29)45-26(2)39-48-47-27(3)53(39)42)13-7-28-21-44-51(22-28)20-19-49-15-17-50(18-16-49)23-30-5-4-6-32-33(30)24-52(41(32)56)34-12-14-36(54)46-40(34)55/h4-6,21-22,26,29,31,34H,8-12,14-20,23-24H2,1-3H3,(H,46,54,55)/t26-,29?,31?,34?/m0/s1. The summed E-state index contributed by atoms with van der Waals surface area (Å²) in [5.41, 5.74) is 7.18. The number of hydrogen-bond donors (Lipinski definition) is 1. The molecule has 9 rings (SSSR count). The summed E-state index contributed by atoms with van der Waals surface area (Å²) >= 11 is 8.21. The Morgan fingerprint density at radius 1 is 0.965 bits per heavy atom. The second kappa shape index (κ2) is 15.6. The molecule has 5 aliphatic rings. The number of halogens is 1. The molecule has 0 spiro atoms. The topological polar surface area (TPSA) is 134 Å². The number of aliphatic imine (C=N–C) groups is 1. The molecule has 4 aliphatic heterocycles. The number of nitrogens with zero attached hydrogens (tertiary/aromatic N) is 9. The van der Waals surface area contributed by atoms with Crippen molar-refractivity contribution in [1.29, 1.82) is 0 Å². The van der Waals surface area contributed by atoms with Gasteiger partial charge in [0.1, 0.15) is 22.9 Å². The van der Waals surface area contributed by atoms with Crippen LogP contribution >= 0.6 is 22.9 Å². The average molecular weight is 807 g/mol. The lowest BCUT2D eigenvalue weighted by molar-refractivity contribution is -0.136. The maximum atomic E-state index is 13.3. The first kappa shape index (κ1) is 37.9. The molecular formula is C42H47ClN10O3S. The Kier molecular flexibility index (Phi) is 10.4. The third-order valence-corrected chi connectivity index (χ3v) is 14.0. The zero-order chi connectivity index (χ0) is 39.4. The SMILES string of the molecule is Cc1c(C#Cc2cnn(CCN3CCN(Cc4cccc5c4CN(C4CCC(=O)NC4=O)C5=O)CC3)c2)sc2c1C(C1CCC(Cl)CC1)=N[C@@H](C)c1nnc(C)n1-2. The van der Waals surface area contributed by atoms with E-state index in [0.717, 1.165) is 115 Å². The van der Waals surface area contributed by atoms with Crippen LogP contribution in [0.3, 0.4) is 0 Å². The van der Waals surface area contributed by atoms with E-state index in [1.807, 2.05) is 36.1 Å². The maximum absolute atomic E-state index is 13.3. The van der Waals surface area contributed by atoms with Gasteiger partial charge in [0.05, 0.1) is 23.2 Å². The third-order valence-electron chi connectivity index (χ3n) is 12.3. The Bertz CT molecular complexity index is 2330. The molecule has 4 aromatic rings. The monoisotopic (exact) mass is 806 g/mol. The van der Waals surface area contributed by atoms with Gasteiger partial charge in [-0.1, -0.05) is 24.0 Å². The van der Waals surface area contributed by atoms with Crippen LogP contribution in [0, 0.1) is 31.6 Å². The van der Waals surface area contributed by atoms with Gasteiger partial charge in [-0.25, -0.2) is 0 Å². The van der Waals surface area contributed by atoms with Crippen LogP contribution in [0.2, 0.25) is 0 Å². The van der Waals surface area contributed by atoms with Crippen LogP contribution in [0.4, 0.5) is 0 Å². The van der Waals surface area contributed by atoms with Gasteiger partial charge in [0, 0.05) is 86.6 Å². The maximum Gasteiger partial charge on any atom is 0.255 e. The van der Waals surface area contributed by atoms with Gasteiger partial charge in [-0.3, -0.25) is 43.7 Å². The predicted octanol–water partition coefficient (Wildman–Crippen LogP) is 4.78. The number of alkyl halides is 1. The fourth-order valence-corrected chi connectivity index (χ4v) is 10.6. The Morgan fingerprint density at radius 2 is 1.75 bits per heavy atom. The van der Waals surface area contributed by atoms with E-state index in [-0.39, 0.29) is 35.6 Å². The minimum atomic E-state index is -0.605. The number of carbonyl (C=O) groups excluding carboxylic acids is 3. The van der Waals surface area contributed by atoms with E-state index in [9.17, 15) is 14.4 Å². The highest BCUT2D eigenvalue weighted by Crippen LogP contribution is 2.42. The molecule has 3 fully saturated rings. The van der Waals surface area contributed by atoms with E-state index in [0.29, 0.717) is 24.4 Å². The number of aryl methyl sites for hydroxylation is 1.